The summed E-state index contributed by atoms with van der Waals surface area (Å²) in [4.78, 5) is 0. The number of allylic oxidation sites excluding steroid dienone is 1. The van der Waals surface area contributed by atoms with E-state index in [2.05, 4.69) is 33.8 Å². The van der Waals surface area contributed by atoms with Crippen molar-refractivity contribution in [2.24, 2.45) is 52.3 Å². The normalized spacial score (nSPS) is 51.8. The summed E-state index contributed by atoms with van der Waals surface area (Å²) < 4.78 is 70.5. The van der Waals surface area contributed by atoms with E-state index in [0.29, 0.717) is 36.0 Å². The lowest BCUT2D eigenvalue weighted by molar-refractivity contribution is -0.388. The maximum absolute atomic E-state index is 12.0. The first kappa shape index (κ1) is 77.1. The second-order valence-electron chi connectivity index (χ2n) is 29.5. The molecule has 3 saturated carbocycles. The Morgan fingerprint density at radius 2 is 0.854 bits per heavy atom. The van der Waals surface area contributed by atoms with Gasteiger partial charge in [-0.1, -0.05) is 59.1 Å². The number of ether oxygens (including phenoxy) is 12. The molecule has 0 bridgehead atoms. The maximum Gasteiger partial charge on any atom is 0.187 e. The first-order valence-electron chi connectivity index (χ1n) is 34.3. The number of fused-ring (bicyclic) bond motifs is 5. The average Bonchev–Trinajstić information content (AvgIpc) is 1.36. The average molecular weight is 1390 g/mol. The van der Waals surface area contributed by atoms with Gasteiger partial charge in [0.05, 0.1) is 52.4 Å². The van der Waals surface area contributed by atoms with Crippen molar-refractivity contribution in [1.82, 2.24) is 0 Å². The van der Waals surface area contributed by atoms with E-state index in [-0.39, 0.29) is 35.4 Å². The lowest BCUT2D eigenvalue weighted by Crippen LogP contribution is -2.67. The van der Waals surface area contributed by atoms with Gasteiger partial charge in [-0.05, 0) is 104 Å². The Labute approximate surface area is 556 Å². The first-order valence-corrected chi connectivity index (χ1v) is 34.3. The molecule has 9 fully saturated rings. The van der Waals surface area contributed by atoms with Gasteiger partial charge in [0.1, 0.15) is 146 Å². The number of hydrogen-bond donors (Lipinski definition) is 20. The predicted octanol–water partition coefficient (Wildman–Crippen LogP) is -6.45. The van der Waals surface area contributed by atoms with E-state index in [4.69, 9.17) is 56.8 Å². The fraction of sp³-hybridized carbons (Fsp3) is 0.969. The van der Waals surface area contributed by atoms with Crippen molar-refractivity contribution in [1.29, 1.82) is 0 Å². The van der Waals surface area contributed by atoms with E-state index in [1.54, 1.807) is 0 Å². The van der Waals surface area contributed by atoms with Crippen molar-refractivity contribution in [3.8, 4) is 0 Å². The molecular weight excluding hydrogens is 1280 g/mol. The second-order valence-corrected chi connectivity index (χ2v) is 29.5. The van der Waals surface area contributed by atoms with Crippen molar-refractivity contribution in [2.75, 3.05) is 46.2 Å². The minimum atomic E-state index is -2.08. The highest BCUT2D eigenvalue weighted by Crippen LogP contribution is 2.67. The van der Waals surface area contributed by atoms with Gasteiger partial charge in [0.25, 0.3) is 0 Å². The Balaban J connectivity index is 0.777. The summed E-state index contributed by atoms with van der Waals surface area (Å²) in [6, 6.07) is 0. The van der Waals surface area contributed by atoms with Crippen molar-refractivity contribution in [3.63, 3.8) is 0 Å². The lowest BCUT2D eigenvalue weighted by Gasteiger charge is -2.58. The monoisotopic (exact) mass is 1390 g/mol. The zero-order chi connectivity index (χ0) is 69.7. The van der Waals surface area contributed by atoms with Gasteiger partial charge >= 0.3 is 0 Å². The van der Waals surface area contributed by atoms with Gasteiger partial charge in [0, 0.05) is 0 Å². The SMILES string of the molecule is CC(CCC(C)C1CCC2C3CC=C4CC(OC5OC(CO)C(O)C(O)C5O)CCC4(C)C3CCC12C)C(C)COC1OC(COC2OC(CO)C(OC3OC(CO)C(O)C(O)C3O)C(O)C2O)C(O)C(O)C1OC1OC(CO)C(OC2OC(CO)C(O)C(O)C2O)C(O)C1O. The molecule has 10 rings (SSSR count). The summed E-state index contributed by atoms with van der Waals surface area (Å²) in [5.41, 5.74) is 1.45. The maximum atomic E-state index is 12.0. The van der Waals surface area contributed by atoms with Crippen LogP contribution in [0.3, 0.4) is 0 Å². The van der Waals surface area contributed by atoms with Gasteiger partial charge in [-0.2, -0.15) is 0 Å². The molecule has 556 valence electrons. The molecule has 96 heavy (non-hydrogen) atoms. The minimum absolute atomic E-state index is 0.0212. The Morgan fingerprint density at radius 3 is 1.38 bits per heavy atom. The molecule has 40 unspecified atom stereocenters. The third-order valence-electron chi connectivity index (χ3n) is 23.8. The van der Waals surface area contributed by atoms with Crippen molar-refractivity contribution in [2.45, 2.75) is 289 Å². The number of aliphatic hydroxyl groups is 20. The molecule has 0 aromatic heterocycles. The molecule has 6 aliphatic heterocycles. The summed E-state index contributed by atoms with van der Waals surface area (Å²) in [5.74, 6) is 2.24. The van der Waals surface area contributed by atoms with E-state index < -0.39 is 224 Å². The summed E-state index contributed by atoms with van der Waals surface area (Å²) >= 11 is 0. The lowest BCUT2D eigenvalue weighted by atomic mass is 9.47. The fourth-order valence-electron chi connectivity index (χ4n) is 17.5. The van der Waals surface area contributed by atoms with Gasteiger partial charge in [0.15, 0.2) is 37.7 Å². The fourth-order valence-corrected chi connectivity index (χ4v) is 17.5. The van der Waals surface area contributed by atoms with E-state index in [9.17, 15) is 102 Å². The van der Waals surface area contributed by atoms with Crippen LogP contribution in [0.25, 0.3) is 0 Å². The summed E-state index contributed by atoms with van der Waals surface area (Å²) in [6.07, 6.45) is -39.8. The van der Waals surface area contributed by atoms with Gasteiger partial charge in [0.2, 0.25) is 0 Å². The summed E-state index contributed by atoms with van der Waals surface area (Å²) in [6.45, 7) is 6.58. The van der Waals surface area contributed by atoms with Crippen LogP contribution in [0.2, 0.25) is 0 Å². The number of aliphatic hydroxyl groups excluding tert-OH is 20. The molecule has 32 heteroatoms. The molecule has 0 spiro atoms. The minimum Gasteiger partial charge on any atom is -0.394 e. The van der Waals surface area contributed by atoms with Gasteiger partial charge in [-0.3, -0.25) is 0 Å². The van der Waals surface area contributed by atoms with Crippen LogP contribution in [-0.2, 0) is 56.8 Å². The van der Waals surface area contributed by atoms with Gasteiger partial charge < -0.3 is 159 Å². The van der Waals surface area contributed by atoms with E-state index in [1.807, 2.05) is 6.92 Å². The molecular formula is C64H108O32. The molecule has 0 aromatic carbocycles. The highest BCUT2D eigenvalue weighted by atomic mass is 16.8. The predicted molar refractivity (Wildman–Crippen MR) is 321 cm³/mol. The highest BCUT2D eigenvalue weighted by Gasteiger charge is 2.61. The van der Waals surface area contributed by atoms with Crippen molar-refractivity contribution in [3.05, 3.63) is 11.6 Å². The third kappa shape index (κ3) is 15.2. The number of rotatable bonds is 24. The van der Waals surface area contributed by atoms with Crippen LogP contribution in [0.1, 0.15) is 98.8 Å². The topological polar surface area (TPSA) is 515 Å². The summed E-state index contributed by atoms with van der Waals surface area (Å²) in [5, 5.41) is 213. The first-order chi connectivity index (χ1) is 45.5. The molecule has 0 radical (unpaired) electrons. The van der Waals surface area contributed by atoms with Crippen LogP contribution >= 0.6 is 0 Å². The smallest absolute Gasteiger partial charge is 0.187 e. The molecule has 32 nitrogen and oxygen atoms in total. The largest absolute Gasteiger partial charge is 0.394 e. The molecule has 0 aromatic rings. The van der Waals surface area contributed by atoms with Crippen LogP contribution in [-0.4, -0.2) is 339 Å². The van der Waals surface area contributed by atoms with Crippen molar-refractivity contribution >= 4 is 0 Å². The van der Waals surface area contributed by atoms with Crippen LogP contribution in [0.4, 0.5) is 0 Å². The molecule has 40 atom stereocenters. The Hall–Kier alpha value is -1.54. The molecule has 10 aliphatic rings. The molecule has 6 heterocycles. The van der Waals surface area contributed by atoms with Crippen LogP contribution in [0.5, 0.6) is 0 Å². The second kappa shape index (κ2) is 32.2. The standard InChI is InChI=1S/C64H108O32/c1-24(6-7-25(2)30-10-11-31-29-9-8-27-16-28(12-14-63(27,4)32(29)13-15-64(30,31)5)87-58-49(80)43(74)39(70)33(17-65)88-58)26(3)22-85-62-56(96-61-53(84)48(79)55(37(21-69)92-61)95-60-51(82)45(76)41(72)35(19-67)90-60)46(77)42(73)38(93-62)23-86-57-52(83)47(78)54(36(20-68)91-57)94-59-50(81)44(75)40(71)34(18-66)89-59/h8,24-26,28-62,65-84H,6-7,9-23H2,1-5H3. The van der Waals surface area contributed by atoms with Crippen molar-refractivity contribution < 1.29 is 159 Å². The third-order valence-corrected chi connectivity index (χ3v) is 23.8. The Morgan fingerprint density at radius 1 is 0.417 bits per heavy atom. The Kier molecular flexibility index (Phi) is 25.9. The molecule has 20 N–H and O–H groups in total. The van der Waals surface area contributed by atoms with Crippen LogP contribution in [0, 0.1) is 52.3 Å². The van der Waals surface area contributed by atoms with E-state index in [1.165, 1.54) is 5.57 Å². The van der Waals surface area contributed by atoms with E-state index in [0.717, 1.165) is 57.8 Å². The highest BCUT2D eigenvalue weighted by molar-refractivity contribution is 5.26. The summed E-state index contributed by atoms with van der Waals surface area (Å²) in [7, 11) is 0. The molecule has 4 aliphatic carbocycles. The number of hydrogen-bond acceptors (Lipinski definition) is 32. The van der Waals surface area contributed by atoms with Gasteiger partial charge in [-0.15, -0.1) is 0 Å². The van der Waals surface area contributed by atoms with Crippen LogP contribution < -0.4 is 0 Å². The zero-order valence-corrected chi connectivity index (χ0v) is 54.9. The van der Waals surface area contributed by atoms with Crippen LogP contribution in [0.15, 0.2) is 11.6 Å². The quantitative estimate of drug-likeness (QED) is 0.0400. The van der Waals surface area contributed by atoms with E-state index >= 15 is 0 Å². The van der Waals surface area contributed by atoms with Gasteiger partial charge in [-0.25, -0.2) is 0 Å². The Bertz CT molecular complexity index is 2470. The molecule has 0 amide bonds. The molecule has 6 saturated heterocycles. The zero-order valence-electron chi connectivity index (χ0n) is 54.9.